The molecule has 2 amide bonds. The summed E-state index contributed by atoms with van der Waals surface area (Å²) in [4.78, 5) is 40.3. The van der Waals surface area contributed by atoms with Crippen LogP contribution in [0.3, 0.4) is 0 Å². The van der Waals surface area contributed by atoms with Crippen LogP contribution < -0.4 is 10.0 Å². The van der Waals surface area contributed by atoms with Crippen molar-refractivity contribution in [3.8, 4) is 0 Å². The van der Waals surface area contributed by atoms with Crippen LogP contribution in [0.25, 0.3) is 0 Å². The third kappa shape index (κ3) is 9.49. The zero-order valence-electron chi connectivity index (χ0n) is 28.6. The van der Waals surface area contributed by atoms with Crippen molar-refractivity contribution in [1.29, 1.82) is 0 Å². The molecule has 4 rings (SSSR count). The van der Waals surface area contributed by atoms with E-state index in [-0.39, 0.29) is 29.4 Å². The van der Waals surface area contributed by atoms with Crippen LogP contribution in [0.15, 0.2) is 58.2 Å². The van der Waals surface area contributed by atoms with Crippen molar-refractivity contribution < 1.29 is 27.1 Å². The molecule has 1 saturated heterocycles. The molecule has 1 unspecified atom stereocenters. The van der Waals surface area contributed by atoms with E-state index in [0.29, 0.717) is 24.4 Å². The van der Waals surface area contributed by atoms with Crippen molar-refractivity contribution in [3.05, 3.63) is 76.0 Å². The van der Waals surface area contributed by atoms with E-state index < -0.39 is 43.5 Å². The van der Waals surface area contributed by atoms with Crippen LogP contribution in [0.2, 0.25) is 0 Å². The van der Waals surface area contributed by atoms with E-state index in [9.17, 15) is 22.4 Å². The van der Waals surface area contributed by atoms with Gasteiger partial charge in [-0.05, 0) is 96.2 Å². The first kappa shape index (κ1) is 37.2. The molecule has 0 bridgehead atoms. The highest BCUT2D eigenvalue weighted by Gasteiger charge is 2.43. The molecule has 3 aromatic heterocycles. The third-order valence-corrected chi connectivity index (χ3v) is 9.67. The van der Waals surface area contributed by atoms with E-state index in [2.05, 4.69) is 36.2 Å². The predicted octanol–water partition coefficient (Wildman–Crippen LogP) is 7.16. The maximum Gasteiger partial charge on any atom is 0.410 e. The Morgan fingerprint density at radius 3 is 2.44 bits per heavy atom. The lowest BCUT2D eigenvalue weighted by atomic mass is 9.91. The summed E-state index contributed by atoms with van der Waals surface area (Å²) in [7, 11) is -4.48. The smallest absolute Gasteiger partial charge is 0.410 e. The molecule has 0 radical (unpaired) electrons. The standard InChI is InChI=1S/C34H44BrFN6O5S/c1-32(2,3)26-15-13-23(29(36)39-26)30(43)41-48(45,46)28-11-9-10-27(40-28)38-24(25-18-22(35)16-17-37-25)14-12-21-19-34(7,8)42(20-21)31(44)47-33(4,5)6/h9-11,13,15-18,21,24H,12,14,19-20H2,1-8H3,(H,38,40)(H,41,43)/t21-,24?/m0/s1. The molecule has 0 saturated carbocycles. The fraction of sp³-hybridized carbons (Fsp3) is 0.500. The van der Waals surface area contributed by atoms with Gasteiger partial charge in [-0.1, -0.05) is 42.8 Å². The second-order valence-electron chi connectivity index (χ2n) is 14.7. The lowest BCUT2D eigenvalue weighted by Crippen LogP contribution is -2.45. The zero-order chi connectivity index (χ0) is 35.7. The fourth-order valence-electron chi connectivity index (χ4n) is 5.60. The first-order valence-electron chi connectivity index (χ1n) is 15.7. The Bertz CT molecular complexity index is 1770. The van der Waals surface area contributed by atoms with Gasteiger partial charge >= 0.3 is 6.09 Å². The summed E-state index contributed by atoms with van der Waals surface area (Å²) in [5.41, 5.74) is -0.817. The maximum absolute atomic E-state index is 14.7. The highest BCUT2D eigenvalue weighted by molar-refractivity contribution is 9.10. The molecule has 1 fully saturated rings. The van der Waals surface area contributed by atoms with E-state index >= 15 is 0 Å². The van der Waals surface area contributed by atoms with Crippen LogP contribution in [0.1, 0.15) is 102 Å². The highest BCUT2D eigenvalue weighted by atomic mass is 79.9. The van der Waals surface area contributed by atoms with Crippen molar-refractivity contribution in [2.75, 3.05) is 11.9 Å². The Kier molecular flexibility index (Phi) is 10.9. The lowest BCUT2D eigenvalue weighted by molar-refractivity contribution is 0.0130. The number of carbonyl (C=O) groups is 2. The Morgan fingerprint density at radius 2 is 1.81 bits per heavy atom. The molecule has 1 aliphatic rings. The number of likely N-dealkylation sites (tertiary alicyclic amines) is 1. The second kappa shape index (κ2) is 14.1. The van der Waals surface area contributed by atoms with E-state index in [1.165, 1.54) is 24.3 Å². The number of ether oxygens (including phenoxy) is 1. The van der Waals surface area contributed by atoms with Gasteiger partial charge in [0, 0.05) is 33.9 Å². The van der Waals surface area contributed by atoms with Crippen molar-refractivity contribution in [1.82, 2.24) is 24.6 Å². The second-order valence-corrected chi connectivity index (χ2v) is 17.3. The van der Waals surface area contributed by atoms with Gasteiger partial charge in [0.05, 0.1) is 17.3 Å². The lowest BCUT2D eigenvalue weighted by Gasteiger charge is -2.33. The largest absolute Gasteiger partial charge is 0.444 e. The summed E-state index contributed by atoms with van der Waals surface area (Å²) >= 11 is 3.50. The van der Waals surface area contributed by atoms with Gasteiger partial charge in [-0.3, -0.25) is 9.78 Å². The molecule has 0 spiro atoms. The number of amides is 2. The molecule has 260 valence electrons. The average molecular weight is 748 g/mol. The number of nitrogens with one attached hydrogen (secondary N) is 2. The van der Waals surface area contributed by atoms with Gasteiger partial charge in [0.15, 0.2) is 5.03 Å². The number of halogens is 2. The fourth-order valence-corrected chi connectivity index (χ4v) is 6.89. The summed E-state index contributed by atoms with van der Waals surface area (Å²) in [5, 5.41) is 2.89. The average Bonchev–Trinajstić information content (AvgIpc) is 3.27. The van der Waals surface area contributed by atoms with Crippen molar-refractivity contribution in [2.45, 2.75) is 102 Å². The van der Waals surface area contributed by atoms with Gasteiger partial charge in [-0.2, -0.15) is 12.8 Å². The Balaban J connectivity index is 1.51. The Hall–Kier alpha value is -3.65. The van der Waals surface area contributed by atoms with Gasteiger partial charge in [0.25, 0.3) is 15.9 Å². The summed E-state index contributed by atoms with van der Waals surface area (Å²) in [5.74, 6) is -1.80. The first-order valence-corrected chi connectivity index (χ1v) is 18.0. The molecule has 4 heterocycles. The normalized spacial score (nSPS) is 17.1. The minimum Gasteiger partial charge on any atom is -0.444 e. The van der Waals surface area contributed by atoms with E-state index in [4.69, 9.17) is 4.74 Å². The Labute approximate surface area is 290 Å². The van der Waals surface area contributed by atoms with Crippen LogP contribution in [-0.2, 0) is 20.2 Å². The number of carbonyl (C=O) groups excluding carboxylic acids is 2. The topological polar surface area (TPSA) is 143 Å². The van der Waals surface area contributed by atoms with Gasteiger partial charge < -0.3 is 15.0 Å². The first-order chi connectivity index (χ1) is 22.1. The quantitative estimate of drug-likeness (QED) is 0.218. The van der Waals surface area contributed by atoms with Crippen molar-refractivity contribution in [3.63, 3.8) is 0 Å². The number of sulfonamides is 1. The van der Waals surface area contributed by atoms with Crippen LogP contribution in [0.4, 0.5) is 15.0 Å². The molecular weight excluding hydrogens is 703 g/mol. The third-order valence-electron chi connectivity index (χ3n) is 7.95. The number of anilines is 1. The van der Waals surface area contributed by atoms with Crippen molar-refractivity contribution >= 4 is 43.8 Å². The molecule has 1 aliphatic heterocycles. The number of hydrogen-bond donors (Lipinski definition) is 2. The van der Waals surface area contributed by atoms with Crippen LogP contribution in [-0.4, -0.2) is 58.0 Å². The summed E-state index contributed by atoms with van der Waals surface area (Å²) < 4.78 is 49.5. The molecule has 11 nitrogen and oxygen atoms in total. The molecule has 0 aliphatic carbocycles. The Morgan fingerprint density at radius 1 is 1.10 bits per heavy atom. The van der Waals surface area contributed by atoms with Crippen LogP contribution in [0.5, 0.6) is 0 Å². The SMILES string of the molecule is CC(C)(C)OC(=O)N1C[C@@H](CCC(Nc2cccc(S(=O)(=O)NC(=O)c3ccc(C(C)(C)C)nc3F)n2)c2cc(Br)ccn2)CC1(C)C. The van der Waals surface area contributed by atoms with E-state index in [1.807, 2.05) is 72.2 Å². The molecule has 2 atom stereocenters. The molecule has 14 heteroatoms. The number of pyridine rings is 3. The van der Waals surface area contributed by atoms with Gasteiger partial charge in [0.2, 0.25) is 5.95 Å². The molecule has 0 aromatic carbocycles. The molecule has 2 N–H and O–H groups in total. The predicted molar refractivity (Wildman–Crippen MR) is 184 cm³/mol. The minimum absolute atomic E-state index is 0.186. The number of hydrogen-bond acceptors (Lipinski definition) is 9. The molecule has 48 heavy (non-hydrogen) atoms. The van der Waals surface area contributed by atoms with Gasteiger partial charge in [-0.25, -0.2) is 19.5 Å². The minimum atomic E-state index is -4.48. The maximum atomic E-state index is 14.7. The van der Waals surface area contributed by atoms with E-state index in [0.717, 1.165) is 17.3 Å². The number of aromatic nitrogens is 3. The van der Waals surface area contributed by atoms with Gasteiger partial charge in [0.1, 0.15) is 11.4 Å². The number of nitrogens with zero attached hydrogens (tertiary/aromatic N) is 4. The molecule has 3 aromatic rings. The molecular formula is C34H44BrFN6O5S. The highest BCUT2D eigenvalue weighted by Crippen LogP contribution is 2.38. The van der Waals surface area contributed by atoms with Crippen molar-refractivity contribution in [2.24, 2.45) is 5.92 Å². The summed E-state index contributed by atoms with van der Waals surface area (Å²) in [6.07, 6.45) is 3.44. The van der Waals surface area contributed by atoms with Crippen LogP contribution in [0, 0.1) is 11.9 Å². The summed E-state index contributed by atoms with van der Waals surface area (Å²) in [6, 6.07) is 10.4. The zero-order valence-corrected chi connectivity index (χ0v) is 31.0. The van der Waals surface area contributed by atoms with E-state index in [1.54, 1.807) is 17.2 Å². The van der Waals surface area contributed by atoms with Gasteiger partial charge in [-0.15, -0.1) is 0 Å². The van der Waals surface area contributed by atoms with Crippen LogP contribution >= 0.6 is 15.9 Å². The monoisotopic (exact) mass is 746 g/mol. The number of rotatable bonds is 9. The summed E-state index contributed by atoms with van der Waals surface area (Å²) in [6.45, 7) is 15.7.